The fraction of sp³-hybridized carbons (Fsp3) is 0.318. The number of carbonyl (C=O) groups excluding carboxylic acids is 3. The number of ether oxygens (including phenoxy) is 2. The van der Waals surface area contributed by atoms with Gasteiger partial charge in [-0.3, -0.25) is 9.59 Å². The quantitative estimate of drug-likeness (QED) is 0.785. The van der Waals surface area contributed by atoms with Crippen molar-refractivity contribution >= 4 is 29.2 Å². The molecule has 0 saturated carbocycles. The molecule has 152 valence electrons. The van der Waals surface area contributed by atoms with Crippen molar-refractivity contribution in [2.45, 2.75) is 20.3 Å². The third-order valence-corrected chi connectivity index (χ3v) is 5.21. The van der Waals surface area contributed by atoms with Gasteiger partial charge in [0.2, 0.25) is 11.8 Å². The summed E-state index contributed by atoms with van der Waals surface area (Å²) in [6, 6.07) is 10.6. The highest BCUT2D eigenvalue weighted by atomic mass is 16.5. The van der Waals surface area contributed by atoms with E-state index in [9.17, 15) is 14.4 Å². The maximum absolute atomic E-state index is 12.8. The van der Waals surface area contributed by atoms with Crippen molar-refractivity contribution in [3.05, 3.63) is 53.1 Å². The molecular formula is C22H24N2O5. The van der Waals surface area contributed by atoms with Crippen LogP contribution >= 0.6 is 0 Å². The Bertz CT molecular complexity index is 970. The molecule has 0 aromatic heterocycles. The molecule has 2 amide bonds. The van der Waals surface area contributed by atoms with E-state index >= 15 is 0 Å². The Hall–Kier alpha value is -3.35. The minimum absolute atomic E-state index is 0.110. The van der Waals surface area contributed by atoms with Gasteiger partial charge in [-0.2, -0.15) is 0 Å². The lowest BCUT2D eigenvalue weighted by Gasteiger charge is -2.19. The number of esters is 1. The van der Waals surface area contributed by atoms with Gasteiger partial charge >= 0.3 is 5.97 Å². The molecule has 29 heavy (non-hydrogen) atoms. The molecule has 1 aliphatic rings. The highest BCUT2D eigenvalue weighted by Gasteiger charge is 2.36. The number of aryl methyl sites for hydroxylation is 1. The maximum Gasteiger partial charge on any atom is 0.338 e. The number of nitrogens with zero attached hydrogens (tertiary/aromatic N) is 1. The minimum atomic E-state index is -0.504. The standard InChI is InChI=1S/C22H24N2O5/c1-13-9-16(11-17(14(13)2)22(27)29-4)23-21(26)15-10-20(25)24(12-15)18-7-5-6-8-19(18)28-3/h5-9,11,15H,10,12H2,1-4H3,(H,23,26). The summed E-state index contributed by atoms with van der Waals surface area (Å²) < 4.78 is 10.1. The Labute approximate surface area is 169 Å². The Morgan fingerprint density at radius 3 is 2.55 bits per heavy atom. The summed E-state index contributed by atoms with van der Waals surface area (Å²) in [6.07, 6.45) is 0.110. The van der Waals surface area contributed by atoms with Crippen molar-refractivity contribution in [3.63, 3.8) is 0 Å². The summed E-state index contributed by atoms with van der Waals surface area (Å²) in [7, 11) is 2.86. The maximum atomic E-state index is 12.8. The lowest BCUT2D eigenvalue weighted by molar-refractivity contribution is -0.122. The highest BCUT2D eigenvalue weighted by molar-refractivity contribution is 6.04. The Morgan fingerprint density at radius 2 is 1.86 bits per heavy atom. The third kappa shape index (κ3) is 4.08. The summed E-state index contributed by atoms with van der Waals surface area (Å²) in [5.41, 5.74) is 3.21. The number of anilines is 2. The molecule has 3 rings (SSSR count). The van der Waals surface area contributed by atoms with Gasteiger partial charge in [-0.1, -0.05) is 12.1 Å². The normalized spacial score (nSPS) is 15.9. The predicted octanol–water partition coefficient (Wildman–Crippen LogP) is 3.09. The second-order valence-electron chi connectivity index (χ2n) is 7.02. The topological polar surface area (TPSA) is 84.9 Å². The number of methoxy groups -OCH3 is 2. The van der Waals surface area contributed by atoms with Gasteiger partial charge in [-0.05, 0) is 49.2 Å². The van der Waals surface area contributed by atoms with Gasteiger partial charge in [0.05, 0.1) is 31.4 Å². The van der Waals surface area contributed by atoms with Crippen LogP contribution in [-0.2, 0) is 14.3 Å². The minimum Gasteiger partial charge on any atom is -0.495 e. The highest BCUT2D eigenvalue weighted by Crippen LogP contribution is 2.33. The molecule has 7 nitrogen and oxygen atoms in total. The molecule has 2 aromatic rings. The first-order chi connectivity index (χ1) is 13.8. The van der Waals surface area contributed by atoms with Gasteiger partial charge in [0.15, 0.2) is 0 Å². The van der Waals surface area contributed by atoms with E-state index in [0.717, 1.165) is 11.1 Å². The SMILES string of the molecule is COC(=O)c1cc(NC(=O)C2CC(=O)N(c3ccccc3OC)C2)cc(C)c1C. The summed E-state index contributed by atoms with van der Waals surface area (Å²) in [6.45, 7) is 3.95. The van der Waals surface area contributed by atoms with E-state index in [2.05, 4.69) is 5.32 Å². The van der Waals surface area contributed by atoms with Gasteiger partial charge in [0.1, 0.15) is 5.75 Å². The lowest BCUT2D eigenvalue weighted by atomic mass is 10.0. The van der Waals surface area contributed by atoms with Gasteiger partial charge in [0.25, 0.3) is 0 Å². The summed E-state index contributed by atoms with van der Waals surface area (Å²) in [5.74, 6) is -0.783. The van der Waals surface area contributed by atoms with Crippen LogP contribution in [-0.4, -0.2) is 38.5 Å². The van der Waals surface area contributed by atoms with Crippen molar-refractivity contribution in [2.75, 3.05) is 31.0 Å². The number of nitrogens with one attached hydrogen (secondary N) is 1. The molecule has 1 saturated heterocycles. The van der Waals surface area contributed by atoms with Crippen LogP contribution in [0.25, 0.3) is 0 Å². The number of hydrogen-bond donors (Lipinski definition) is 1. The van der Waals surface area contributed by atoms with Crippen LogP contribution in [0.3, 0.4) is 0 Å². The van der Waals surface area contributed by atoms with Gasteiger partial charge in [0, 0.05) is 18.7 Å². The van der Waals surface area contributed by atoms with Crippen molar-refractivity contribution in [3.8, 4) is 5.75 Å². The van der Waals surface area contributed by atoms with Crippen LogP contribution < -0.4 is 15.0 Å². The average Bonchev–Trinajstić information content (AvgIpc) is 3.11. The summed E-state index contributed by atoms with van der Waals surface area (Å²) in [4.78, 5) is 38.9. The second kappa shape index (κ2) is 8.34. The van der Waals surface area contributed by atoms with Crippen LogP contribution in [0, 0.1) is 19.8 Å². The number of hydrogen-bond acceptors (Lipinski definition) is 5. The number of rotatable bonds is 5. The molecule has 0 aliphatic carbocycles. The number of carbonyl (C=O) groups is 3. The summed E-state index contributed by atoms with van der Waals surface area (Å²) in [5, 5.41) is 2.84. The number of para-hydroxylation sites is 2. The first kappa shape index (κ1) is 20.4. The average molecular weight is 396 g/mol. The largest absolute Gasteiger partial charge is 0.495 e. The van der Waals surface area contributed by atoms with Crippen LogP contribution in [0.5, 0.6) is 5.75 Å². The molecular weight excluding hydrogens is 372 g/mol. The Kier molecular flexibility index (Phi) is 5.87. The first-order valence-electron chi connectivity index (χ1n) is 9.29. The molecule has 2 aromatic carbocycles. The number of amides is 2. The van der Waals surface area contributed by atoms with E-state index in [4.69, 9.17) is 9.47 Å². The molecule has 0 bridgehead atoms. The van der Waals surface area contributed by atoms with E-state index in [0.29, 0.717) is 22.7 Å². The van der Waals surface area contributed by atoms with E-state index in [1.54, 1.807) is 36.3 Å². The number of benzene rings is 2. The van der Waals surface area contributed by atoms with E-state index < -0.39 is 11.9 Å². The molecule has 1 atom stereocenters. The zero-order valence-electron chi connectivity index (χ0n) is 16.9. The van der Waals surface area contributed by atoms with Crippen molar-refractivity contribution in [1.29, 1.82) is 0 Å². The predicted molar refractivity (Wildman–Crippen MR) is 109 cm³/mol. The molecule has 0 spiro atoms. The lowest BCUT2D eigenvalue weighted by Crippen LogP contribution is -2.28. The van der Waals surface area contributed by atoms with Gasteiger partial charge in [-0.15, -0.1) is 0 Å². The molecule has 0 radical (unpaired) electrons. The van der Waals surface area contributed by atoms with Crippen LogP contribution in [0.4, 0.5) is 11.4 Å². The van der Waals surface area contributed by atoms with E-state index in [-0.39, 0.29) is 24.8 Å². The fourth-order valence-corrected chi connectivity index (χ4v) is 3.47. The Balaban J connectivity index is 1.78. The fourth-order valence-electron chi connectivity index (χ4n) is 3.47. The summed E-state index contributed by atoms with van der Waals surface area (Å²) >= 11 is 0. The second-order valence-corrected chi connectivity index (χ2v) is 7.02. The molecule has 1 unspecified atom stereocenters. The van der Waals surface area contributed by atoms with Crippen LogP contribution in [0.2, 0.25) is 0 Å². The van der Waals surface area contributed by atoms with Gasteiger partial charge in [-0.25, -0.2) is 4.79 Å². The van der Waals surface area contributed by atoms with Gasteiger partial charge < -0.3 is 19.7 Å². The monoisotopic (exact) mass is 396 g/mol. The van der Waals surface area contributed by atoms with Crippen LogP contribution in [0.15, 0.2) is 36.4 Å². The van der Waals surface area contributed by atoms with E-state index in [1.807, 2.05) is 26.0 Å². The van der Waals surface area contributed by atoms with E-state index in [1.165, 1.54) is 7.11 Å². The molecule has 1 heterocycles. The van der Waals surface area contributed by atoms with Crippen LogP contribution in [0.1, 0.15) is 27.9 Å². The zero-order valence-corrected chi connectivity index (χ0v) is 16.9. The van der Waals surface area contributed by atoms with Crippen molar-refractivity contribution in [2.24, 2.45) is 5.92 Å². The molecule has 7 heteroatoms. The smallest absolute Gasteiger partial charge is 0.338 e. The first-order valence-corrected chi connectivity index (χ1v) is 9.29. The van der Waals surface area contributed by atoms with Crippen molar-refractivity contribution in [1.82, 2.24) is 0 Å². The molecule has 1 N–H and O–H groups in total. The molecule has 1 aliphatic heterocycles. The zero-order chi connectivity index (χ0) is 21.1. The van der Waals surface area contributed by atoms with Crippen molar-refractivity contribution < 1.29 is 23.9 Å². The Morgan fingerprint density at radius 1 is 1.14 bits per heavy atom. The third-order valence-electron chi connectivity index (χ3n) is 5.21. The molecule has 1 fully saturated rings.